The van der Waals surface area contributed by atoms with Gasteiger partial charge in [-0.2, -0.15) is 5.10 Å². The van der Waals surface area contributed by atoms with E-state index in [4.69, 9.17) is 4.74 Å². The van der Waals surface area contributed by atoms with E-state index in [1.807, 2.05) is 36.4 Å². The van der Waals surface area contributed by atoms with E-state index in [-0.39, 0.29) is 5.91 Å². The summed E-state index contributed by atoms with van der Waals surface area (Å²) in [5.74, 6) is 0.504. The van der Waals surface area contributed by atoms with Gasteiger partial charge in [-0.05, 0) is 29.7 Å². The molecule has 0 spiro atoms. The SMILES string of the molecule is COc1ccc(/C=N/NC(=O)c2cccnc2)c2ccccc12. The van der Waals surface area contributed by atoms with Crippen LogP contribution in [0.4, 0.5) is 0 Å². The highest BCUT2D eigenvalue weighted by Crippen LogP contribution is 2.27. The van der Waals surface area contributed by atoms with Gasteiger partial charge < -0.3 is 4.74 Å². The molecule has 1 amide bonds. The first-order valence-corrected chi connectivity index (χ1v) is 7.09. The van der Waals surface area contributed by atoms with E-state index in [1.165, 1.54) is 6.20 Å². The second-order valence-corrected chi connectivity index (χ2v) is 4.84. The summed E-state index contributed by atoms with van der Waals surface area (Å²) in [6.07, 6.45) is 4.73. The van der Waals surface area contributed by atoms with Crippen molar-refractivity contribution in [3.63, 3.8) is 0 Å². The van der Waals surface area contributed by atoms with Crippen LogP contribution in [0.3, 0.4) is 0 Å². The third-order valence-corrected chi connectivity index (χ3v) is 3.43. The smallest absolute Gasteiger partial charge is 0.272 e. The van der Waals surface area contributed by atoms with Gasteiger partial charge in [0.2, 0.25) is 0 Å². The summed E-state index contributed by atoms with van der Waals surface area (Å²) in [7, 11) is 1.64. The summed E-state index contributed by atoms with van der Waals surface area (Å²) in [5.41, 5.74) is 3.86. The number of carbonyl (C=O) groups is 1. The van der Waals surface area contributed by atoms with Crippen molar-refractivity contribution in [2.45, 2.75) is 0 Å². The molecule has 0 aliphatic carbocycles. The average molecular weight is 305 g/mol. The number of nitrogens with zero attached hydrogens (tertiary/aromatic N) is 2. The van der Waals surface area contributed by atoms with E-state index in [1.54, 1.807) is 31.7 Å². The molecule has 0 saturated heterocycles. The van der Waals surface area contributed by atoms with Gasteiger partial charge in [-0.3, -0.25) is 9.78 Å². The highest BCUT2D eigenvalue weighted by atomic mass is 16.5. The Morgan fingerprint density at radius 1 is 1.13 bits per heavy atom. The topological polar surface area (TPSA) is 63.6 Å². The molecule has 114 valence electrons. The predicted molar refractivity (Wildman–Crippen MR) is 89.8 cm³/mol. The molecule has 1 aromatic heterocycles. The van der Waals surface area contributed by atoms with Gasteiger partial charge in [0.25, 0.3) is 5.91 Å². The van der Waals surface area contributed by atoms with Crippen LogP contribution in [0.1, 0.15) is 15.9 Å². The van der Waals surface area contributed by atoms with Gasteiger partial charge in [-0.15, -0.1) is 0 Å². The lowest BCUT2D eigenvalue weighted by Gasteiger charge is -2.07. The van der Waals surface area contributed by atoms with Gasteiger partial charge in [-0.25, -0.2) is 5.43 Å². The molecule has 0 aliphatic heterocycles. The molecule has 5 nitrogen and oxygen atoms in total. The molecule has 0 radical (unpaired) electrons. The summed E-state index contributed by atoms with van der Waals surface area (Å²) in [6, 6.07) is 15.1. The number of hydrogen-bond acceptors (Lipinski definition) is 4. The Bertz CT molecular complexity index is 861. The maximum absolute atomic E-state index is 11.9. The number of hydrogen-bond donors (Lipinski definition) is 1. The molecule has 3 rings (SSSR count). The fourth-order valence-electron chi connectivity index (χ4n) is 2.31. The van der Waals surface area contributed by atoms with Crippen molar-refractivity contribution < 1.29 is 9.53 Å². The normalized spacial score (nSPS) is 10.8. The lowest BCUT2D eigenvalue weighted by Crippen LogP contribution is -2.17. The maximum atomic E-state index is 11.9. The number of benzene rings is 2. The number of carbonyl (C=O) groups excluding carboxylic acids is 1. The third kappa shape index (κ3) is 3.18. The van der Waals surface area contributed by atoms with Crippen LogP contribution in [0.5, 0.6) is 5.75 Å². The number of amides is 1. The summed E-state index contributed by atoms with van der Waals surface area (Å²) in [5, 5.41) is 6.03. The van der Waals surface area contributed by atoms with Crippen molar-refractivity contribution in [1.82, 2.24) is 10.4 Å². The van der Waals surface area contributed by atoms with Crippen molar-refractivity contribution in [1.29, 1.82) is 0 Å². The standard InChI is InChI=1S/C18H15N3O2/c1-23-17-9-8-13(15-6-2-3-7-16(15)17)12-20-21-18(22)14-5-4-10-19-11-14/h2-12H,1H3,(H,21,22)/b20-12+. The van der Waals surface area contributed by atoms with Crippen molar-refractivity contribution in [3.8, 4) is 5.75 Å². The molecule has 2 aromatic carbocycles. The first-order valence-electron chi connectivity index (χ1n) is 7.09. The number of pyridine rings is 1. The zero-order chi connectivity index (χ0) is 16.1. The van der Waals surface area contributed by atoms with Crippen LogP contribution < -0.4 is 10.2 Å². The van der Waals surface area contributed by atoms with Crippen LogP contribution in [0.25, 0.3) is 10.8 Å². The minimum atomic E-state index is -0.299. The number of ether oxygens (including phenoxy) is 1. The van der Waals surface area contributed by atoms with Crippen molar-refractivity contribution in [3.05, 3.63) is 72.1 Å². The van der Waals surface area contributed by atoms with E-state index in [0.717, 1.165) is 22.1 Å². The fraction of sp³-hybridized carbons (Fsp3) is 0.0556. The van der Waals surface area contributed by atoms with E-state index in [2.05, 4.69) is 15.5 Å². The minimum absolute atomic E-state index is 0.299. The van der Waals surface area contributed by atoms with Gasteiger partial charge in [0.1, 0.15) is 5.75 Å². The fourth-order valence-corrected chi connectivity index (χ4v) is 2.31. The van der Waals surface area contributed by atoms with Crippen molar-refractivity contribution in [2.75, 3.05) is 7.11 Å². The molecule has 5 heteroatoms. The molecule has 0 saturated carbocycles. The lowest BCUT2D eigenvalue weighted by atomic mass is 10.0. The van der Waals surface area contributed by atoms with Gasteiger partial charge in [-0.1, -0.05) is 24.3 Å². The quantitative estimate of drug-likeness (QED) is 0.595. The van der Waals surface area contributed by atoms with E-state index >= 15 is 0 Å². The monoisotopic (exact) mass is 305 g/mol. The van der Waals surface area contributed by atoms with Crippen LogP contribution in [-0.4, -0.2) is 24.2 Å². The summed E-state index contributed by atoms with van der Waals surface area (Å²) < 4.78 is 5.36. The Kier molecular flexibility index (Phi) is 4.29. The molecule has 1 N–H and O–H groups in total. The summed E-state index contributed by atoms with van der Waals surface area (Å²) in [4.78, 5) is 15.8. The van der Waals surface area contributed by atoms with E-state index < -0.39 is 0 Å². The molecule has 3 aromatic rings. The third-order valence-electron chi connectivity index (χ3n) is 3.43. The molecule has 0 bridgehead atoms. The molecule has 0 atom stereocenters. The van der Waals surface area contributed by atoms with Crippen LogP contribution in [-0.2, 0) is 0 Å². The van der Waals surface area contributed by atoms with Crippen molar-refractivity contribution >= 4 is 22.9 Å². The molecular weight excluding hydrogens is 290 g/mol. The first-order chi connectivity index (χ1) is 11.3. The zero-order valence-electron chi connectivity index (χ0n) is 12.6. The Morgan fingerprint density at radius 2 is 1.96 bits per heavy atom. The van der Waals surface area contributed by atoms with E-state index in [9.17, 15) is 4.79 Å². The second-order valence-electron chi connectivity index (χ2n) is 4.84. The van der Waals surface area contributed by atoms with Crippen LogP contribution in [0.15, 0.2) is 66.0 Å². The maximum Gasteiger partial charge on any atom is 0.272 e. The number of fused-ring (bicyclic) bond motifs is 1. The predicted octanol–water partition coefficient (Wildman–Crippen LogP) is 3.01. The first kappa shape index (κ1) is 14.7. The number of methoxy groups -OCH3 is 1. The largest absolute Gasteiger partial charge is 0.496 e. The van der Waals surface area contributed by atoms with Crippen LogP contribution in [0, 0.1) is 0 Å². The summed E-state index contributed by atoms with van der Waals surface area (Å²) >= 11 is 0. The molecular formula is C18H15N3O2. The van der Waals surface area contributed by atoms with Crippen LogP contribution in [0.2, 0.25) is 0 Å². The molecule has 23 heavy (non-hydrogen) atoms. The molecule has 0 fully saturated rings. The Morgan fingerprint density at radius 3 is 2.70 bits per heavy atom. The average Bonchev–Trinajstić information content (AvgIpc) is 2.62. The van der Waals surface area contributed by atoms with Gasteiger partial charge >= 0.3 is 0 Å². The number of hydrazone groups is 1. The molecule has 0 aliphatic rings. The lowest BCUT2D eigenvalue weighted by molar-refractivity contribution is 0.0955. The molecule has 0 unspecified atom stereocenters. The number of aromatic nitrogens is 1. The highest BCUT2D eigenvalue weighted by molar-refractivity contribution is 6.03. The zero-order valence-corrected chi connectivity index (χ0v) is 12.6. The Balaban J connectivity index is 1.83. The van der Waals surface area contributed by atoms with Gasteiger partial charge in [0.05, 0.1) is 18.9 Å². The van der Waals surface area contributed by atoms with E-state index in [0.29, 0.717) is 5.56 Å². The Labute approximate surface area is 133 Å². The molecule has 1 heterocycles. The number of rotatable bonds is 4. The van der Waals surface area contributed by atoms with Crippen molar-refractivity contribution in [2.24, 2.45) is 5.10 Å². The number of nitrogens with one attached hydrogen (secondary N) is 1. The van der Waals surface area contributed by atoms with Gasteiger partial charge in [0, 0.05) is 23.3 Å². The minimum Gasteiger partial charge on any atom is -0.496 e. The Hall–Kier alpha value is -3.21. The van der Waals surface area contributed by atoms with Crippen LogP contribution >= 0.6 is 0 Å². The van der Waals surface area contributed by atoms with Gasteiger partial charge in [0.15, 0.2) is 0 Å². The second kappa shape index (κ2) is 6.70. The highest BCUT2D eigenvalue weighted by Gasteiger charge is 2.05. The summed E-state index contributed by atoms with van der Waals surface area (Å²) in [6.45, 7) is 0.